The minimum absolute atomic E-state index is 0.102. The fraction of sp³-hybridized carbons (Fsp3) is 0.517. The van der Waals surface area contributed by atoms with Crippen molar-refractivity contribution in [1.29, 1.82) is 0 Å². The van der Waals surface area contributed by atoms with Crippen molar-refractivity contribution < 1.29 is 22.7 Å². The monoisotopic (exact) mass is 577 g/mol. The van der Waals surface area contributed by atoms with Gasteiger partial charge in [0.1, 0.15) is 11.8 Å². The Morgan fingerprint density at radius 3 is 2.38 bits per heavy atom. The summed E-state index contributed by atoms with van der Waals surface area (Å²) in [4.78, 5) is 28.5. The first-order valence-corrected chi connectivity index (χ1v) is 15.8. The van der Waals surface area contributed by atoms with Gasteiger partial charge in [-0.2, -0.15) is 0 Å². The first-order chi connectivity index (χ1) is 18.6. The Kier molecular flexibility index (Phi) is 11.5. The molecule has 214 valence electrons. The highest BCUT2D eigenvalue weighted by Crippen LogP contribution is 2.30. The van der Waals surface area contributed by atoms with Crippen molar-refractivity contribution >= 4 is 39.1 Å². The molecule has 1 aliphatic carbocycles. The number of benzene rings is 2. The Hall–Kier alpha value is -2.78. The second kappa shape index (κ2) is 14.6. The molecular weight excluding hydrogens is 538 g/mol. The maximum absolute atomic E-state index is 13.6. The van der Waals surface area contributed by atoms with Crippen molar-refractivity contribution in [2.45, 2.75) is 70.4 Å². The van der Waals surface area contributed by atoms with E-state index in [0.717, 1.165) is 37.5 Å². The lowest BCUT2D eigenvalue weighted by Crippen LogP contribution is -2.52. The summed E-state index contributed by atoms with van der Waals surface area (Å²) >= 11 is 6.23. The predicted molar refractivity (Wildman–Crippen MR) is 156 cm³/mol. The molecule has 2 amide bonds. The molecule has 1 saturated carbocycles. The van der Waals surface area contributed by atoms with Crippen LogP contribution in [0.4, 0.5) is 5.69 Å². The summed E-state index contributed by atoms with van der Waals surface area (Å²) in [5, 5.41) is 3.45. The van der Waals surface area contributed by atoms with Gasteiger partial charge < -0.3 is 15.0 Å². The number of hydrogen-bond donors (Lipinski definition) is 1. The Labute approximate surface area is 237 Å². The van der Waals surface area contributed by atoms with E-state index < -0.39 is 16.1 Å². The Morgan fingerprint density at radius 1 is 1.10 bits per heavy atom. The summed E-state index contributed by atoms with van der Waals surface area (Å²) in [5.74, 6) is 0.164. The molecule has 2 aromatic rings. The molecule has 1 N–H and O–H groups in total. The van der Waals surface area contributed by atoms with Crippen molar-refractivity contribution in [2.75, 3.05) is 30.8 Å². The second-order valence-electron chi connectivity index (χ2n) is 9.99. The van der Waals surface area contributed by atoms with Crippen LogP contribution >= 0.6 is 11.6 Å². The van der Waals surface area contributed by atoms with Crippen LogP contribution in [0.1, 0.15) is 57.4 Å². The van der Waals surface area contributed by atoms with Gasteiger partial charge in [-0.15, -0.1) is 0 Å². The molecule has 1 atom stereocenters. The fourth-order valence-electron chi connectivity index (χ4n) is 5.08. The minimum atomic E-state index is -3.62. The molecule has 3 rings (SSSR count). The zero-order valence-electron chi connectivity index (χ0n) is 23.1. The molecule has 0 saturated heterocycles. The summed E-state index contributed by atoms with van der Waals surface area (Å²) < 4.78 is 31.6. The van der Waals surface area contributed by atoms with Gasteiger partial charge in [-0.05, 0) is 55.9 Å². The predicted octanol–water partition coefficient (Wildman–Crippen LogP) is 4.80. The van der Waals surface area contributed by atoms with Crippen molar-refractivity contribution in [1.82, 2.24) is 10.2 Å². The maximum atomic E-state index is 13.6. The third kappa shape index (κ3) is 8.86. The number of amides is 2. The van der Waals surface area contributed by atoms with E-state index in [1.165, 1.54) is 17.5 Å². The zero-order chi connectivity index (χ0) is 28.4. The van der Waals surface area contributed by atoms with Gasteiger partial charge in [0, 0.05) is 25.6 Å². The summed E-state index contributed by atoms with van der Waals surface area (Å²) in [6, 6.07) is 14.2. The Morgan fingerprint density at radius 2 is 1.79 bits per heavy atom. The lowest BCUT2D eigenvalue weighted by atomic mass is 10.1. The molecular formula is C29H40ClN3O5S. The molecule has 0 radical (unpaired) electrons. The van der Waals surface area contributed by atoms with Crippen molar-refractivity contribution in [3.05, 3.63) is 59.1 Å². The van der Waals surface area contributed by atoms with Gasteiger partial charge >= 0.3 is 0 Å². The van der Waals surface area contributed by atoms with Crippen LogP contribution in [0, 0.1) is 0 Å². The van der Waals surface area contributed by atoms with Crippen LogP contribution in [0.3, 0.4) is 0 Å². The second-order valence-corrected chi connectivity index (χ2v) is 12.3. The molecule has 39 heavy (non-hydrogen) atoms. The summed E-state index contributed by atoms with van der Waals surface area (Å²) in [6.45, 7) is 2.43. The third-order valence-electron chi connectivity index (χ3n) is 7.15. The van der Waals surface area contributed by atoms with Gasteiger partial charge in [-0.25, -0.2) is 8.42 Å². The molecule has 0 aliphatic heterocycles. The standard InChI is InChI=1S/C29H40ClN3O5S/c1-4-26(29(35)31-23-13-8-9-14-23)32(20-18-22-11-6-5-7-12-22)28(34)15-10-19-33(39(3,36)37)24-16-17-27(38-2)25(30)21-24/h5-7,11-12,16-17,21,23,26H,4,8-10,13-15,18-20H2,1-3H3,(H,31,35)/t26-/m1/s1. The quantitative estimate of drug-likeness (QED) is 0.348. The van der Waals surface area contributed by atoms with E-state index in [0.29, 0.717) is 35.8 Å². The number of sulfonamides is 1. The molecule has 10 heteroatoms. The highest BCUT2D eigenvalue weighted by molar-refractivity contribution is 7.92. The highest BCUT2D eigenvalue weighted by Gasteiger charge is 2.30. The number of hydrogen-bond acceptors (Lipinski definition) is 5. The van der Waals surface area contributed by atoms with Gasteiger partial charge in [0.25, 0.3) is 0 Å². The van der Waals surface area contributed by atoms with E-state index >= 15 is 0 Å². The summed E-state index contributed by atoms with van der Waals surface area (Å²) in [5.41, 5.74) is 1.49. The largest absolute Gasteiger partial charge is 0.495 e. The fourth-order valence-corrected chi connectivity index (χ4v) is 6.29. The Bertz CT molecular complexity index is 1200. The number of nitrogens with zero attached hydrogens (tertiary/aromatic N) is 2. The van der Waals surface area contributed by atoms with Gasteiger partial charge in [0.15, 0.2) is 0 Å². The topological polar surface area (TPSA) is 96.0 Å². The summed E-state index contributed by atoms with van der Waals surface area (Å²) in [6.07, 6.45) is 6.80. The van der Waals surface area contributed by atoms with Crippen LogP contribution in [0.15, 0.2) is 48.5 Å². The van der Waals surface area contributed by atoms with Crippen LogP contribution in [-0.2, 0) is 26.0 Å². The zero-order valence-corrected chi connectivity index (χ0v) is 24.6. The average molecular weight is 578 g/mol. The van der Waals surface area contributed by atoms with Gasteiger partial charge in [0.05, 0.1) is 24.1 Å². The van der Waals surface area contributed by atoms with Crippen molar-refractivity contribution in [3.8, 4) is 5.75 Å². The van der Waals surface area contributed by atoms with Crippen molar-refractivity contribution in [2.24, 2.45) is 0 Å². The first kappa shape index (κ1) is 30.8. The number of anilines is 1. The minimum Gasteiger partial charge on any atom is -0.495 e. The van der Waals surface area contributed by atoms with E-state index in [1.54, 1.807) is 17.0 Å². The molecule has 8 nitrogen and oxygen atoms in total. The number of halogens is 1. The molecule has 1 fully saturated rings. The normalized spacial score (nSPS) is 14.6. The smallest absolute Gasteiger partial charge is 0.243 e. The average Bonchev–Trinajstić information content (AvgIpc) is 3.41. The lowest BCUT2D eigenvalue weighted by Gasteiger charge is -2.32. The van der Waals surface area contributed by atoms with E-state index in [-0.39, 0.29) is 37.2 Å². The summed E-state index contributed by atoms with van der Waals surface area (Å²) in [7, 11) is -2.13. The number of carbonyl (C=O) groups is 2. The number of ether oxygens (including phenoxy) is 1. The molecule has 0 spiro atoms. The van der Waals surface area contributed by atoms with Gasteiger partial charge in [-0.3, -0.25) is 13.9 Å². The van der Waals surface area contributed by atoms with Crippen LogP contribution in [0.5, 0.6) is 5.75 Å². The molecule has 0 bridgehead atoms. The lowest BCUT2D eigenvalue weighted by molar-refractivity contribution is -0.141. The van der Waals surface area contributed by atoms with Crippen LogP contribution in [0.2, 0.25) is 5.02 Å². The SMILES string of the molecule is CC[C@H](C(=O)NC1CCCC1)N(CCc1ccccc1)C(=O)CCCN(c1ccc(OC)c(Cl)c1)S(C)(=O)=O. The molecule has 0 heterocycles. The van der Waals surface area contributed by atoms with E-state index in [4.69, 9.17) is 16.3 Å². The van der Waals surface area contributed by atoms with Gasteiger partial charge in [-0.1, -0.05) is 61.7 Å². The van der Waals surface area contributed by atoms with E-state index in [1.807, 2.05) is 37.3 Å². The molecule has 2 aromatic carbocycles. The van der Waals surface area contributed by atoms with Crippen LogP contribution in [0.25, 0.3) is 0 Å². The number of rotatable bonds is 14. The maximum Gasteiger partial charge on any atom is 0.243 e. The number of carbonyl (C=O) groups excluding carboxylic acids is 2. The number of methoxy groups -OCH3 is 1. The Balaban J connectivity index is 1.72. The molecule has 0 aromatic heterocycles. The van der Waals surface area contributed by atoms with Crippen LogP contribution in [-0.4, -0.2) is 63.7 Å². The van der Waals surface area contributed by atoms with E-state index in [2.05, 4.69) is 5.32 Å². The number of nitrogens with one attached hydrogen (secondary N) is 1. The van der Waals surface area contributed by atoms with Crippen LogP contribution < -0.4 is 14.4 Å². The highest BCUT2D eigenvalue weighted by atomic mass is 35.5. The third-order valence-corrected chi connectivity index (χ3v) is 8.64. The van der Waals surface area contributed by atoms with Crippen molar-refractivity contribution in [3.63, 3.8) is 0 Å². The van der Waals surface area contributed by atoms with Gasteiger partial charge in [0.2, 0.25) is 21.8 Å². The molecule has 0 unspecified atom stereocenters. The first-order valence-electron chi connectivity index (χ1n) is 13.6. The van der Waals surface area contributed by atoms with E-state index in [9.17, 15) is 18.0 Å². The molecule has 1 aliphatic rings.